The van der Waals surface area contributed by atoms with Crippen LogP contribution in [0.5, 0.6) is 5.75 Å². The number of aliphatic hydroxyl groups excluding tert-OH is 2. The molecule has 11 N–H and O–H groups in total. The van der Waals surface area contributed by atoms with E-state index in [1.54, 1.807) is 48.1 Å². The molecule has 31 heteroatoms. The average molecular weight is 2050 g/mol. The van der Waals surface area contributed by atoms with Gasteiger partial charge in [-0.1, -0.05) is 244 Å². The molecule has 27 nitrogen and oxygen atoms in total. The highest BCUT2D eigenvalue weighted by atomic mass is 35.5. The van der Waals surface area contributed by atoms with E-state index in [0.29, 0.717) is 57.5 Å². The van der Waals surface area contributed by atoms with Crippen molar-refractivity contribution in [1.29, 1.82) is 0 Å². The number of nitro groups is 1. The minimum atomic E-state index is -2.52. The lowest BCUT2D eigenvalue weighted by atomic mass is 10.0. The van der Waals surface area contributed by atoms with Crippen LogP contribution in [0.4, 0.5) is 26.5 Å². The molecule has 792 valence electrons. The van der Waals surface area contributed by atoms with Gasteiger partial charge in [-0.05, 0) is 202 Å². The Kier molecular flexibility index (Phi) is 63.4. The Hall–Kier alpha value is -10.4. The summed E-state index contributed by atoms with van der Waals surface area (Å²) in [4.78, 5) is 59.2. The van der Waals surface area contributed by atoms with E-state index >= 15 is 0 Å². The van der Waals surface area contributed by atoms with Gasteiger partial charge in [0.2, 0.25) is 11.8 Å². The molecular weight excluding hydrogens is 1870 g/mol. The van der Waals surface area contributed by atoms with Crippen molar-refractivity contribution in [1.82, 2.24) is 70.1 Å². The summed E-state index contributed by atoms with van der Waals surface area (Å²) in [5.41, 5.74) is 16.9. The van der Waals surface area contributed by atoms with E-state index in [4.69, 9.17) is 65.7 Å². The lowest BCUT2D eigenvalue weighted by Gasteiger charge is -2.26. The fourth-order valence-electron chi connectivity index (χ4n) is 13.4. The number of ether oxygens (including phenoxy) is 3. The maximum atomic E-state index is 13.9. The van der Waals surface area contributed by atoms with Crippen LogP contribution in [0.25, 0.3) is 22.2 Å². The lowest BCUT2D eigenvalue weighted by Crippen LogP contribution is -2.38. The largest absolute Gasteiger partial charge is 0.494 e. The topological polar surface area (TPSA) is 322 Å². The van der Waals surface area contributed by atoms with Crippen molar-refractivity contribution in [3.63, 3.8) is 0 Å². The van der Waals surface area contributed by atoms with Gasteiger partial charge in [-0.2, -0.15) is 4.39 Å². The van der Waals surface area contributed by atoms with Crippen LogP contribution in [0, 0.1) is 15.9 Å². The number of likely N-dealkylation sites (N-methyl/N-ethyl adjacent to an activating group) is 8. The second-order valence-corrected chi connectivity index (χ2v) is 36.5. The summed E-state index contributed by atoms with van der Waals surface area (Å²) in [5.74, 6) is 0.564. The van der Waals surface area contributed by atoms with Crippen LogP contribution in [0.3, 0.4) is 0 Å². The van der Waals surface area contributed by atoms with E-state index in [9.17, 15) is 24.1 Å². The molecule has 143 heavy (non-hydrogen) atoms. The summed E-state index contributed by atoms with van der Waals surface area (Å²) in [7, 11) is 18.5. The molecule has 0 fully saturated rings. The number of nitrogens with two attached hydrogens (primary N) is 1. The number of benzene rings is 9. The van der Waals surface area contributed by atoms with E-state index < -0.39 is 49.0 Å². The number of nitrogens with one attached hydrogen (secondary N) is 2. The van der Waals surface area contributed by atoms with Crippen LogP contribution in [0.1, 0.15) is 137 Å². The third-order valence-electron chi connectivity index (χ3n) is 20.4. The van der Waals surface area contributed by atoms with Crippen LogP contribution in [-0.2, 0) is 72.4 Å². The van der Waals surface area contributed by atoms with Crippen molar-refractivity contribution in [3.05, 3.63) is 322 Å². The Morgan fingerprint density at radius 1 is 0.559 bits per heavy atom. The molecule has 2 aromatic heterocycles. The van der Waals surface area contributed by atoms with E-state index in [1.807, 2.05) is 180 Å². The number of para-hydroxylation sites is 1. The van der Waals surface area contributed by atoms with Crippen molar-refractivity contribution < 1.29 is 61.1 Å². The van der Waals surface area contributed by atoms with E-state index in [-0.39, 0.29) is 66.1 Å². The number of halogens is 4. The predicted octanol–water partition coefficient (Wildman–Crippen LogP) is 20.0. The molecule has 9 aromatic carbocycles. The van der Waals surface area contributed by atoms with Gasteiger partial charge in [0.1, 0.15) is 17.0 Å². The Balaban J connectivity index is 0.00000172. The number of aliphatic hydroxyl groups is 2. The van der Waals surface area contributed by atoms with Gasteiger partial charge in [-0.3, -0.25) is 19.8 Å². The number of anilines is 2. The number of nitrogens with zero attached hydrogens (tertiary/aromatic N) is 13. The van der Waals surface area contributed by atoms with Gasteiger partial charge in [-0.25, -0.2) is 14.8 Å². The Bertz CT molecular complexity index is 5290. The molecule has 0 spiro atoms. The zero-order valence-electron chi connectivity index (χ0n) is 96.5. The minimum Gasteiger partial charge on any atom is -0.494 e. The number of carbonyl (C=O) groups is 2. The van der Waals surface area contributed by atoms with E-state index in [2.05, 4.69) is 187 Å². The molecule has 12 rings (SSSR count). The van der Waals surface area contributed by atoms with Gasteiger partial charge in [-0.15, -0.1) is 35.6 Å². The first-order chi connectivity index (χ1) is 70.6. The highest BCUT2D eigenvalue weighted by Gasteiger charge is 2.24. The molecule has 3 heterocycles. The smallest absolute Gasteiger partial charge is 0.410 e. The number of alkyl halides is 2. The maximum Gasteiger partial charge on any atom is 0.410 e. The van der Waals surface area contributed by atoms with Crippen LogP contribution in [0.15, 0.2) is 261 Å². The molecule has 0 aliphatic carbocycles. The number of hydrogen-bond donors (Lipinski definition) is 6. The zero-order valence-corrected chi connectivity index (χ0v) is 89.8. The highest BCUT2D eigenvalue weighted by Crippen LogP contribution is 2.37. The van der Waals surface area contributed by atoms with Gasteiger partial charge >= 0.3 is 17.7 Å². The van der Waals surface area contributed by atoms with Gasteiger partial charge < -0.3 is 96.2 Å². The Morgan fingerprint density at radius 2 is 0.993 bits per heavy atom. The number of amides is 1. The number of carbonyl (C=O) groups excluding carboxylic acids is 2. The van der Waals surface area contributed by atoms with Gasteiger partial charge in [0.15, 0.2) is 0 Å². The number of nitro benzene ring substituents is 1. The molecule has 1 amide bonds. The quantitative estimate of drug-likeness (QED) is 0.00902. The van der Waals surface area contributed by atoms with Crippen molar-refractivity contribution in [2.45, 2.75) is 150 Å². The van der Waals surface area contributed by atoms with Crippen molar-refractivity contribution in [3.8, 4) is 17.0 Å². The average Bonchev–Trinajstić information content (AvgIpc) is 1.61. The summed E-state index contributed by atoms with van der Waals surface area (Å²) in [6, 6.07) is 81.6. The third kappa shape index (κ3) is 62.1. The summed E-state index contributed by atoms with van der Waals surface area (Å²) in [5, 5.41) is 34.8. The zero-order chi connectivity index (χ0) is 111. The second kappa shape index (κ2) is 78.0. The third-order valence-corrected chi connectivity index (χ3v) is 20.9. The molecule has 0 bridgehead atoms. The molecule has 1 aliphatic rings. The second-order valence-electron chi connectivity index (χ2n) is 35.8. The number of unbranched alkanes of at least 4 members (excludes halogenated alkanes) is 1. The summed E-state index contributed by atoms with van der Waals surface area (Å²) >= 11 is 11.1. The molecule has 0 saturated carbocycles. The van der Waals surface area contributed by atoms with Gasteiger partial charge in [0.25, 0.3) is 0 Å². The molecule has 0 atom stereocenters. The normalized spacial score (nSPS) is 12.2. The van der Waals surface area contributed by atoms with Crippen LogP contribution in [0.2, 0.25) is 0 Å². The number of aryl methyl sites for hydroxylation is 2. The Morgan fingerprint density at radius 3 is 1.38 bits per heavy atom. The molecule has 1 aliphatic heterocycles. The minimum absolute atomic E-state index is 0. The van der Waals surface area contributed by atoms with Crippen LogP contribution >= 0.6 is 35.6 Å². The number of methoxy groups -OCH3 is 1. The monoisotopic (exact) mass is 2050 g/mol. The molecular formula is C112H171Cl3FN17O10. The summed E-state index contributed by atoms with van der Waals surface area (Å²) < 4.78 is 97.0. The predicted molar refractivity (Wildman–Crippen MR) is 597 cm³/mol. The Labute approximate surface area is 884 Å². The van der Waals surface area contributed by atoms with Crippen molar-refractivity contribution in [2.75, 3.05) is 188 Å². The van der Waals surface area contributed by atoms with E-state index in [0.717, 1.165) is 150 Å². The first-order valence-corrected chi connectivity index (χ1v) is 48.6. The first-order valence-electron chi connectivity index (χ1n) is 52.1. The SMILES string of the molecule is CCCCO.CN(CCCC(=O)OC(C)(C)C)Cc1ccccc1.CN(CCCl)Cc1ccccc1.CN(CCN)Cc1ccccc1.CN(CCO)Cc1ccccc1.COc1cc(F)c([N+](=O)[O-])cc1Nc1nccc(-c2cn3c4c(cccc24)CCC3)n1.Cl.ClCc1ccccc1.N.O.[2H]C([2H])([2H])N(C)CCN(C)Cc1ccccc1.[2H]C([2H])([2H])N(C)CCNC.[2H]C([2H])([2H])N(CCN(C)Cc1ccccc1)C(=O)OC(C)(C)C. The number of rotatable bonds is 39. The molecule has 0 radical (unpaired) electrons. The molecule has 11 aromatic rings. The maximum absolute atomic E-state index is 13.9. The molecule has 0 unspecified atom stereocenters. The van der Waals surface area contributed by atoms with Crippen LogP contribution < -0.4 is 27.3 Å². The van der Waals surface area contributed by atoms with Crippen molar-refractivity contribution >= 4 is 75.9 Å². The number of aromatic nitrogens is 3. The first kappa shape index (κ1) is 116. The standard InChI is InChI=1S/C22H18FN5O3.C16H26N2O2.C16H25NO2.C12H20N2.C10H14ClN.C10H16N2.C10H15NO.C7H7Cl.C5H14N2.C4H10O.ClH.H3N.H2O/c1-31-20-10-16(23)19(28(29)30)11-18(20)26-22-24-8-7-17(25-22)15-12-27-9-3-5-13-4-2-6-14(15)21(13)27;1-16(2,3)20-15(19)18(5)12-11-17(4)13-14-9-7-6-8-10-14;1-16(2,3)19-15(18)11-8-12-17(4)13-14-9-6-5-7-10-14;1-13(2)9-10-14(3)11-12-7-5-4-6-8-12;2*1-12(8-7-11)9-10-5-3-2-4-6-10;1-11(7-8-12)9-10-5-3-2-4-6-10;8-6-7-4-2-1-3-5-7;1-6-4-5-7(2)3;1-2-3-4-5;;;/h2,4,6-8,10-12H,3,5,9H2,1H3,(H,24,25,26);6-10H,11-13H2,1-5H3;5-7,9-10H,8,11-13H2,1-4H3;4-8H,9-11H2,1-3H3;2-6H,7-9H2,1H3;2-6H,7-9,11H2,1H3;2-6,12H,7-9H2,1H3;1-5H,6H2;6H,4-5H2,1-3H3;5H,2-4H2,1H3;1H;1H3;1H2/i;5D3;;1D3;;;;;2D3;;;;. The van der Waals surface area contributed by atoms with Crippen molar-refractivity contribution in [2.24, 2.45) is 5.73 Å². The highest BCUT2D eigenvalue weighted by molar-refractivity contribution is 6.18. The number of hydrogen-bond acceptors (Lipinski definition) is 23. The lowest BCUT2D eigenvalue weighted by molar-refractivity contribution is -0.387. The van der Waals surface area contributed by atoms with E-state index in [1.165, 1.54) is 61.4 Å². The molecule has 0 saturated heterocycles. The van der Waals surface area contributed by atoms with Gasteiger partial charge in [0, 0.05) is 191 Å². The van der Waals surface area contributed by atoms with Crippen LogP contribution in [-0.4, -0.2) is 285 Å². The fraction of sp³-hybridized carbons (Fsp3) is 0.446. The fourth-order valence-corrected chi connectivity index (χ4v) is 13.8. The number of esters is 1. The van der Waals surface area contributed by atoms with Gasteiger partial charge in [0.05, 0.1) is 35.5 Å². The summed E-state index contributed by atoms with van der Waals surface area (Å²) in [6.45, 7) is 20.5. The summed E-state index contributed by atoms with van der Waals surface area (Å²) in [6.07, 6.45) is 8.40.